The van der Waals surface area contributed by atoms with E-state index in [1.807, 2.05) is 23.1 Å². The summed E-state index contributed by atoms with van der Waals surface area (Å²) < 4.78 is 5.78. The highest BCUT2D eigenvalue weighted by Crippen LogP contribution is 2.29. The Bertz CT molecular complexity index is 723. The van der Waals surface area contributed by atoms with E-state index < -0.39 is 0 Å². The zero-order chi connectivity index (χ0) is 18.4. The fourth-order valence-electron chi connectivity index (χ4n) is 2.90. The first kappa shape index (κ1) is 18.4. The predicted octanol–water partition coefficient (Wildman–Crippen LogP) is 2.47. The molecule has 1 aliphatic rings. The fraction of sp³-hybridized carbons (Fsp3) is 0.500. The number of nitrogens with zero attached hydrogens (tertiary/aromatic N) is 3. The van der Waals surface area contributed by atoms with Crippen LogP contribution in [0.15, 0.2) is 24.3 Å². The lowest BCUT2D eigenvalue weighted by atomic mass is 10.2. The Hall–Kier alpha value is -2.35. The van der Waals surface area contributed by atoms with Gasteiger partial charge < -0.3 is 19.9 Å². The molecular weight excluding hydrogens is 352 g/mol. The van der Waals surface area contributed by atoms with Gasteiger partial charge in [-0.05, 0) is 25.0 Å². The number of anilines is 1. The van der Waals surface area contributed by atoms with Gasteiger partial charge in [0.15, 0.2) is 5.13 Å². The van der Waals surface area contributed by atoms with Gasteiger partial charge in [0.25, 0.3) is 0 Å². The minimum atomic E-state index is -0.206. The first-order valence-corrected chi connectivity index (χ1v) is 9.69. The molecule has 0 unspecified atom stereocenters. The number of methoxy groups -OCH3 is 1. The zero-order valence-electron chi connectivity index (χ0n) is 14.9. The predicted molar refractivity (Wildman–Crippen MR) is 103 cm³/mol. The molecule has 0 radical (unpaired) electrons. The van der Waals surface area contributed by atoms with Crippen molar-refractivity contribution in [3.8, 4) is 0 Å². The molecule has 8 heteroatoms. The minimum absolute atomic E-state index is 0.0352. The number of hydrogen-bond donors (Lipinski definition) is 1. The van der Waals surface area contributed by atoms with Crippen LogP contribution in [0.4, 0.5) is 9.93 Å². The van der Waals surface area contributed by atoms with Gasteiger partial charge in [0.05, 0.1) is 17.3 Å². The molecular formula is C18H24N4O3S. The van der Waals surface area contributed by atoms with Gasteiger partial charge in [-0.25, -0.2) is 9.78 Å². The van der Waals surface area contributed by atoms with E-state index in [0.717, 1.165) is 36.6 Å². The highest BCUT2D eigenvalue weighted by Gasteiger charge is 2.22. The Kier molecular flexibility index (Phi) is 6.27. The molecule has 2 aromatic rings. The van der Waals surface area contributed by atoms with Crippen molar-refractivity contribution >= 4 is 38.7 Å². The largest absolute Gasteiger partial charge is 0.469 e. The second kappa shape index (κ2) is 8.84. The van der Waals surface area contributed by atoms with Gasteiger partial charge in [-0.2, -0.15) is 0 Å². The van der Waals surface area contributed by atoms with E-state index in [2.05, 4.69) is 26.0 Å². The van der Waals surface area contributed by atoms with Crippen molar-refractivity contribution in [3.63, 3.8) is 0 Å². The SMILES string of the molecule is COC(=O)CCCCNC(=O)N1CCN(c2nc3ccccc3s2)CC1. The molecule has 7 nitrogen and oxygen atoms in total. The van der Waals surface area contributed by atoms with Gasteiger partial charge >= 0.3 is 12.0 Å². The average Bonchev–Trinajstić information content (AvgIpc) is 3.11. The number of unbranched alkanes of at least 4 members (excludes halogenated alkanes) is 1. The molecule has 1 aromatic carbocycles. The Morgan fingerprint density at radius 2 is 1.96 bits per heavy atom. The summed E-state index contributed by atoms with van der Waals surface area (Å²) in [6, 6.07) is 8.10. The summed E-state index contributed by atoms with van der Waals surface area (Å²) in [7, 11) is 1.39. The maximum absolute atomic E-state index is 12.2. The number of urea groups is 1. The molecule has 2 amide bonds. The molecule has 1 aromatic heterocycles. The maximum Gasteiger partial charge on any atom is 0.317 e. The number of rotatable bonds is 6. The number of nitrogens with one attached hydrogen (secondary N) is 1. The van der Waals surface area contributed by atoms with E-state index in [1.54, 1.807) is 11.3 Å². The number of thiazole rings is 1. The lowest BCUT2D eigenvalue weighted by Crippen LogP contribution is -2.52. The molecule has 0 aliphatic carbocycles. The third-order valence-electron chi connectivity index (χ3n) is 4.43. The number of hydrogen-bond acceptors (Lipinski definition) is 6. The zero-order valence-corrected chi connectivity index (χ0v) is 15.8. The molecule has 2 heterocycles. The number of aromatic nitrogens is 1. The number of carbonyl (C=O) groups excluding carboxylic acids is 2. The van der Waals surface area contributed by atoms with Crippen molar-refractivity contribution in [2.24, 2.45) is 0 Å². The Morgan fingerprint density at radius 3 is 2.69 bits per heavy atom. The van der Waals surface area contributed by atoms with Gasteiger partial charge in [0.2, 0.25) is 0 Å². The van der Waals surface area contributed by atoms with E-state index in [9.17, 15) is 9.59 Å². The van der Waals surface area contributed by atoms with Crippen molar-refractivity contribution in [2.75, 3.05) is 44.7 Å². The highest BCUT2D eigenvalue weighted by molar-refractivity contribution is 7.22. The lowest BCUT2D eigenvalue weighted by Gasteiger charge is -2.34. The number of esters is 1. The standard InChI is InChI=1S/C18H24N4O3S/c1-25-16(23)8-4-5-9-19-17(24)21-10-12-22(13-11-21)18-20-14-6-2-3-7-15(14)26-18/h2-3,6-7H,4-5,8-13H2,1H3,(H,19,24). The van der Waals surface area contributed by atoms with Crippen LogP contribution in [-0.4, -0.2) is 61.7 Å². The van der Waals surface area contributed by atoms with Crippen LogP contribution in [0.5, 0.6) is 0 Å². The molecule has 1 saturated heterocycles. The summed E-state index contributed by atoms with van der Waals surface area (Å²) in [6.45, 7) is 3.52. The Balaban J connectivity index is 1.40. The molecule has 0 spiro atoms. The van der Waals surface area contributed by atoms with Crippen molar-refractivity contribution in [1.29, 1.82) is 0 Å². The van der Waals surface area contributed by atoms with Gasteiger partial charge in [-0.1, -0.05) is 23.5 Å². The third-order valence-corrected chi connectivity index (χ3v) is 5.53. The van der Waals surface area contributed by atoms with E-state index >= 15 is 0 Å². The molecule has 3 rings (SSSR count). The van der Waals surface area contributed by atoms with Crippen LogP contribution in [0.2, 0.25) is 0 Å². The molecule has 1 fully saturated rings. The van der Waals surface area contributed by atoms with Crippen LogP contribution in [0, 0.1) is 0 Å². The third kappa shape index (κ3) is 4.63. The maximum atomic E-state index is 12.2. The number of amides is 2. The van der Waals surface area contributed by atoms with Crippen LogP contribution in [-0.2, 0) is 9.53 Å². The van der Waals surface area contributed by atoms with E-state index in [-0.39, 0.29) is 12.0 Å². The van der Waals surface area contributed by atoms with Crippen LogP contribution in [0.1, 0.15) is 19.3 Å². The number of fused-ring (bicyclic) bond motifs is 1. The Labute approximate surface area is 156 Å². The summed E-state index contributed by atoms with van der Waals surface area (Å²) >= 11 is 1.69. The first-order valence-electron chi connectivity index (χ1n) is 8.87. The normalized spacial score (nSPS) is 14.5. The van der Waals surface area contributed by atoms with E-state index in [4.69, 9.17) is 0 Å². The Morgan fingerprint density at radius 1 is 1.19 bits per heavy atom. The van der Waals surface area contributed by atoms with Crippen molar-refractivity contribution in [3.05, 3.63) is 24.3 Å². The summed E-state index contributed by atoms with van der Waals surface area (Å²) in [5, 5.41) is 3.95. The van der Waals surface area contributed by atoms with Crippen LogP contribution >= 0.6 is 11.3 Å². The fourth-order valence-corrected chi connectivity index (χ4v) is 3.92. The minimum Gasteiger partial charge on any atom is -0.469 e. The summed E-state index contributed by atoms with van der Waals surface area (Å²) in [4.78, 5) is 32.0. The number of piperazine rings is 1. The van der Waals surface area contributed by atoms with E-state index in [0.29, 0.717) is 26.1 Å². The number of carbonyl (C=O) groups is 2. The highest BCUT2D eigenvalue weighted by atomic mass is 32.1. The lowest BCUT2D eigenvalue weighted by molar-refractivity contribution is -0.140. The van der Waals surface area contributed by atoms with Crippen LogP contribution < -0.4 is 10.2 Å². The topological polar surface area (TPSA) is 74.8 Å². The van der Waals surface area contributed by atoms with Crippen LogP contribution in [0.25, 0.3) is 10.2 Å². The molecule has 1 N–H and O–H groups in total. The molecule has 26 heavy (non-hydrogen) atoms. The smallest absolute Gasteiger partial charge is 0.317 e. The summed E-state index contributed by atoms with van der Waals surface area (Å²) in [5.41, 5.74) is 1.03. The second-order valence-corrected chi connectivity index (χ2v) is 7.21. The van der Waals surface area contributed by atoms with Crippen LogP contribution in [0.3, 0.4) is 0 Å². The van der Waals surface area contributed by atoms with Crippen molar-refractivity contribution in [2.45, 2.75) is 19.3 Å². The van der Waals surface area contributed by atoms with E-state index in [1.165, 1.54) is 11.8 Å². The molecule has 140 valence electrons. The quantitative estimate of drug-likeness (QED) is 0.619. The van der Waals surface area contributed by atoms with Gasteiger partial charge in [0.1, 0.15) is 0 Å². The average molecular weight is 376 g/mol. The van der Waals surface area contributed by atoms with Gasteiger partial charge in [-0.3, -0.25) is 4.79 Å². The summed E-state index contributed by atoms with van der Waals surface area (Å²) in [5.74, 6) is -0.206. The molecule has 0 saturated carbocycles. The number of para-hydroxylation sites is 1. The first-order chi connectivity index (χ1) is 12.7. The van der Waals surface area contributed by atoms with Crippen molar-refractivity contribution < 1.29 is 14.3 Å². The monoisotopic (exact) mass is 376 g/mol. The summed E-state index contributed by atoms with van der Waals surface area (Å²) in [6.07, 6.45) is 1.89. The second-order valence-electron chi connectivity index (χ2n) is 6.20. The van der Waals surface area contributed by atoms with Crippen molar-refractivity contribution in [1.82, 2.24) is 15.2 Å². The molecule has 0 atom stereocenters. The molecule has 0 bridgehead atoms. The van der Waals surface area contributed by atoms with Gasteiger partial charge in [0, 0.05) is 39.1 Å². The number of benzene rings is 1. The number of ether oxygens (including phenoxy) is 1. The molecule has 1 aliphatic heterocycles. The van der Waals surface area contributed by atoms with Gasteiger partial charge in [-0.15, -0.1) is 0 Å².